The lowest BCUT2D eigenvalue weighted by Gasteiger charge is -2.57. The largest absolute Gasteiger partial charge is 0.506 e. The second kappa shape index (κ2) is 10.7. The van der Waals surface area contributed by atoms with E-state index >= 15 is 0 Å². The molecule has 7 rings (SSSR count). The Balaban J connectivity index is 1.09. The summed E-state index contributed by atoms with van der Waals surface area (Å²) < 4.78 is 6.43. The number of phenolic OH excluding ortho intramolecular Hbond substituents is 1. The van der Waals surface area contributed by atoms with Gasteiger partial charge in [0, 0.05) is 26.2 Å². The molecule has 38 heavy (non-hydrogen) atoms. The number of benzene rings is 2. The molecule has 4 fully saturated rings. The molecule has 1 aromatic heterocycles. The highest BCUT2D eigenvalue weighted by molar-refractivity contribution is 7.16. The van der Waals surface area contributed by atoms with Crippen LogP contribution in [0.2, 0.25) is 0 Å². The van der Waals surface area contributed by atoms with Gasteiger partial charge in [0.05, 0.1) is 4.70 Å². The zero-order chi connectivity index (χ0) is 26.1. The molecule has 0 atom stereocenters. The Hall–Kier alpha value is -2.84. The number of aromatic nitrogens is 1. The topological polar surface area (TPSA) is 94.7 Å². The van der Waals surface area contributed by atoms with Crippen molar-refractivity contribution in [2.45, 2.75) is 51.6 Å². The van der Waals surface area contributed by atoms with Crippen LogP contribution < -0.4 is 10.2 Å². The average molecular weight is 536 g/mol. The molecule has 4 bridgehead atoms. The first-order valence-corrected chi connectivity index (χ1v) is 14.8. The van der Waals surface area contributed by atoms with Crippen LogP contribution in [-0.2, 0) is 17.8 Å². The van der Waals surface area contributed by atoms with Gasteiger partial charge >= 0.3 is 11.0 Å². The van der Waals surface area contributed by atoms with Gasteiger partial charge < -0.3 is 25.0 Å². The number of fused-ring (bicyclic) bond motifs is 1. The minimum atomic E-state index is -0.331. The first-order chi connectivity index (χ1) is 18.5. The highest BCUT2D eigenvalue weighted by Crippen LogP contribution is 2.59. The second-order valence-corrected chi connectivity index (χ2v) is 12.8. The van der Waals surface area contributed by atoms with E-state index in [2.05, 4.69) is 10.3 Å². The van der Waals surface area contributed by atoms with Crippen molar-refractivity contribution in [1.82, 2.24) is 15.2 Å². The van der Waals surface area contributed by atoms with E-state index in [4.69, 9.17) is 4.74 Å². The molecule has 3 aromatic rings. The maximum atomic E-state index is 13.2. The summed E-state index contributed by atoms with van der Waals surface area (Å²) in [5.74, 6) is 2.85. The molecule has 8 heteroatoms. The van der Waals surface area contributed by atoms with Crippen molar-refractivity contribution >= 4 is 27.6 Å². The number of aromatic hydroxyl groups is 1. The van der Waals surface area contributed by atoms with Gasteiger partial charge in [0.15, 0.2) is 0 Å². The van der Waals surface area contributed by atoms with Gasteiger partial charge in [-0.25, -0.2) is 4.79 Å². The monoisotopic (exact) mass is 535 g/mol. The molecule has 1 amide bonds. The summed E-state index contributed by atoms with van der Waals surface area (Å²) in [6.45, 7) is 3.03. The molecule has 1 heterocycles. The number of carbonyl (C=O) groups is 1. The standard InChI is InChI=1S/C30H37N3O4S/c34-25-7-6-24(27-26(25)32-28(35)38-27)8-10-33(29(36)37-18-20-4-2-1-3-5-20)11-9-31-19-30-15-21-12-22(16-30)14-23(13-21)17-30/h1-7,21-23,31,34H,8-19H2,(H,32,35). The lowest BCUT2D eigenvalue weighted by Crippen LogP contribution is -2.51. The molecular formula is C30H37N3O4S. The first-order valence-electron chi connectivity index (χ1n) is 14.0. The van der Waals surface area contributed by atoms with Crippen LogP contribution in [0.5, 0.6) is 5.75 Å². The predicted octanol–water partition coefficient (Wildman–Crippen LogP) is 5.28. The summed E-state index contributed by atoms with van der Waals surface area (Å²) in [5.41, 5.74) is 2.81. The summed E-state index contributed by atoms with van der Waals surface area (Å²) in [7, 11) is 0. The number of H-pyrrole nitrogens is 1. The van der Waals surface area contributed by atoms with E-state index in [-0.39, 0.29) is 23.3 Å². The van der Waals surface area contributed by atoms with Gasteiger partial charge in [-0.1, -0.05) is 47.7 Å². The van der Waals surface area contributed by atoms with Crippen LogP contribution in [0.3, 0.4) is 0 Å². The van der Waals surface area contributed by atoms with Gasteiger partial charge in [0.25, 0.3) is 0 Å². The molecule has 2 aromatic carbocycles. The minimum absolute atomic E-state index is 0.0649. The van der Waals surface area contributed by atoms with Crippen LogP contribution in [-0.4, -0.2) is 47.3 Å². The molecule has 4 aliphatic rings. The van der Waals surface area contributed by atoms with Crippen molar-refractivity contribution in [2.75, 3.05) is 26.2 Å². The van der Waals surface area contributed by atoms with Crippen LogP contribution in [0.15, 0.2) is 47.3 Å². The van der Waals surface area contributed by atoms with Crippen LogP contribution in [0, 0.1) is 23.2 Å². The van der Waals surface area contributed by atoms with Gasteiger partial charge in [0.1, 0.15) is 17.9 Å². The van der Waals surface area contributed by atoms with Crippen LogP contribution >= 0.6 is 11.3 Å². The fourth-order valence-corrected chi connectivity index (χ4v) is 8.60. The molecule has 0 saturated heterocycles. The first kappa shape index (κ1) is 25.4. The van der Waals surface area contributed by atoms with Crippen molar-refractivity contribution in [3.05, 3.63) is 63.3 Å². The predicted molar refractivity (Wildman–Crippen MR) is 149 cm³/mol. The Morgan fingerprint density at radius 3 is 2.47 bits per heavy atom. The number of hydrogen-bond donors (Lipinski definition) is 3. The maximum absolute atomic E-state index is 13.2. The zero-order valence-corrected chi connectivity index (χ0v) is 22.6. The Labute approximate surface area is 227 Å². The fraction of sp³-hybridized carbons (Fsp3) is 0.533. The molecule has 7 nitrogen and oxygen atoms in total. The van der Waals surface area contributed by atoms with E-state index in [1.54, 1.807) is 11.0 Å². The Morgan fingerprint density at radius 2 is 1.76 bits per heavy atom. The number of ether oxygens (including phenoxy) is 1. The van der Waals surface area contributed by atoms with E-state index in [0.717, 1.165) is 58.0 Å². The number of nitrogens with one attached hydrogen (secondary N) is 2. The Kier molecular flexibility index (Phi) is 7.18. The SMILES string of the molecule is O=C(OCc1ccccc1)N(CCNCC12CC3CC(CC(C3)C1)C2)CCc1ccc(O)c2[nH]c(=O)sc12. The summed E-state index contributed by atoms with van der Waals surface area (Å²) >= 11 is 1.09. The smallest absolute Gasteiger partial charge is 0.410 e. The summed E-state index contributed by atoms with van der Waals surface area (Å²) in [6.07, 6.45) is 8.67. The highest BCUT2D eigenvalue weighted by atomic mass is 32.1. The van der Waals surface area contributed by atoms with Crippen molar-refractivity contribution in [1.29, 1.82) is 0 Å². The third-order valence-corrected chi connectivity index (χ3v) is 9.93. The quantitative estimate of drug-likeness (QED) is 0.307. The average Bonchev–Trinajstić information content (AvgIpc) is 3.30. The number of thiazole rings is 1. The Morgan fingerprint density at radius 1 is 1.05 bits per heavy atom. The van der Waals surface area contributed by atoms with Gasteiger partial charge in [-0.3, -0.25) is 4.79 Å². The highest BCUT2D eigenvalue weighted by Gasteiger charge is 2.50. The number of hydrogen-bond acceptors (Lipinski definition) is 6. The zero-order valence-electron chi connectivity index (χ0n) is 21.8. The van der Waals surface area contributed by atoms with E-state index in [1.165, 1.54) is 38.5 Å². The fourth-order valence-electron chi connectivity index (χ4n) is 7.70. The molecule has 0 radical (unpaired) electrons. The number of nitrogens with zero attached hydrogens (tertiary/aromatic N) is 1. The number of aromatic amines is 1. The summed E-state index contributed by atoms with van der Waals surface area (Å²) in [6, 6.07) is 13.2. The number of rotatable bonds is 10. The lowest BCUT2D eigenvalue weighted by atomic mass is 9.49. The summed E-state index contributed by atoms with van der Waals surface area (Å²) in [4.78, 5) is 29.4. The van der Waals surface area contributed by atoms with Gasteiger partial charge in [-0.15, -0.1) is 0 Å². The molecule has 0 spiro atoms. The molecule has 0 aliphatic heterocycles. The van der Waals surface area contributed by atoms with Crippen molar-refractivity contribution in [2.24, 2.45) is 23.2 Å². The van der Waals surface area contributed by atoms with Crippen molar-refractivity contribution < 1.29 is 14.6 Å². The lowest BCUT2D eigenvalue weighted by molar-refractivity contribution is -0.0513. The number of amides is 1. The van der Waals surface area contributed by atoms with Crippen LogP contribution in [0.1, 0.15) is 49.7 Å². The van der Waals surface area contributed by atoms with E-state index in [1.807, 2.05) is 36.4 Å². The second-order valence-electron chi connectivity index (χ2n) is 11.8. The van der Waals surface area contributed by atoms with Crippen molar-refractivity contribution in [3.63, 3.8) is 0 Å². The van der Waals surface area contributed by atoms with E-state index < -0.39 is 0 Å². The molecule has 4 saturated carbocycles. The minimum Gasteiger partial charge on any atom is -0.506 e. The van der Waals surface area contributed by atoms with Gasteiger partial charge in [-0.2, -0.15) is 0 Å². The van der Waals surface area contributed by atoms with Gasteiger partial charge in [-0.05, 0) is 85.3 Å². The number of phenols is 1. The molecule has 0 unspecified atom stereocenters. The van der Waals surface area contributed by atoms with E-state index in [9.17, 15) is 14.7 Å². The third-order valence-electron chi connectivity index (χ3n) is 8.98. The van der Waals surface area contributed by atoms with Crippen LogP contribution in [0.25, 0.3) is 10.2 Å². The molecule has 3 N–H and O–H groups in total. The molecule has 4 aliphatic carbocycles. The van der Waals surface area contributed by atoms with Crippen molar-refractivity contribution in [3.8, 4) is 5.75 Å². The summed E-state index contributed by atoms with van der Waals surface area (Å²) in [5, 5.41) is 13.8. The van der Waals surface area contributed by atoms with Gasteiger partial charge in [0.2, 0.25) is 0 Å². The normalized spacial score (nSPS) is 25.6. The maximum Gasteiger partial charge on any atom is 0.410 e. The number of carbonyl (C=O) groups excluding carboxylic acids is 1. The molecule has 202 valence electrons. The third kappa shape index (κ3) is 5.47. The van der Waals surface area contributed by atoms with E-state index in [0.29, 0.717) is 30.4 Å². The van der Waals surface area contributed by atoms with Crippen LogP contribution in [0.4, 0.5) is 4.79 Å². The molecular weight excluding hydrogens is 498 g/mol. The Bertz CT molecular complexity index is 1300.